The summed E-state index contributed by atoms with van der Waals surface area (Å²) in [4.78, 5) is 17.8. The van der Waals surface area contributed by atoms with Crippen molar-refractivity contribution in [1.29, 1.82) is 0 Å². The van der Waals surface area contributed by atoms with Crippen molar-refractivity contribution in [2.75, 3.05) is 27.2 Å². The molecule has 7 nitrogen and oxygen atoms in total. The summed E-state index contributed by atoms with van der Waals surface area (Å²) in [5.41, 5.74) is 2.12. The molecular weight excluding hydrogens is 455 g/mol. The molecule has 0 radical (unpaired) electrons. The second kappa shape index (κ2) is 11.6. The van der Waals surface area contributed by atoms with Gasteiger partial charge in [0.15, 0.2) is 5.96 Å². The fraction of sp³-hybridized carbons (Fsp3) is 0.421. The Labute approximate surface area is 178 Å². The van der Waals surface area contributed by atoms with Gasteiger partial charge in [0.2, 0.25) is 5.91 Å². The van der Waals surface area contributed by atoms with Gasteiger partial charge in [-0.2, -0.15) is 5.10 Å². The number of nitrogens with one attached hydrogen (secondary N) is 2. The summed E-state index contributed by atoms with van der Waals surface area (Å²) >= 11 is 0. The lowest BCUT2D eigenvalue weighted by atomic mass is 10.1. The number of guanidine groups is 1. The van der Waals surface area contributed by atoms with Crippen molar-refractivity contribution in [3.63, 3.8) is 0 Å². The van der Waals surface area contributed by atoms with E-state index >= 15 is 0 Å². The van der Waals surface area contributed by atoms with E-state index in [0.717, 1.165) is 24.2 Å². The standard InChI is InChI=1S/C19H28N6O.HI/c1-5-10-20-19(21-14-18(26)24(3)4)23-15(2)16-8-6-9-17(13-16)25-12-7-11-22-25;/h6-9,11-13,15H,5,10,14H2,1-4H3,(H2,20,21,23);1H. The molecule has 8 heteroatoms. The molecule has 148 valence electrons. The second-order valence-electron chi connectivity index (χ2n) is 6.29. The molecule has 1 aromatic heterocycles. The molecule has 1 atom stereocenters. The van der Waals surface area contributed by atoms with Crippen molar-refractivity contribution in [3.8, 4) is 5.69 Å². The van der Waals surface area contributed by atoms with Crippen LogP contribution >= 0.6 is 24.0 Å². The van der Waals surface area contributed by atoms with Crippen LogP contribution in [0.2, 0.25) is 0 Å². The molecule has 1 unspecified atom stereocenters. The Kier molecular flexibility index (Phi) is 9.84. The minimum atomic E-state index is -0.0315. The molecule has 0 fully saturated rings. The van der Waals surface area contributed by atoms with Crippen LogP contribution in [-0.2, 0) is 4.79 Å². The normalized spacial score (nSPS) is 12.1. The van der Waals surface area contributed by atoms with E-state index < -0.39 is 0 Å². The van der Waals surface area contributed by atoms with E-state index in [2.05, 4.69) is 46.7 Å². The van der Waals surface area contributed by atoms with Gasteiger partial charge in [-0.3, -0.25) is 4.79 Å². The van der Waals surface area contributed by atoms with Crippen LogP contribution in [0, 0.1) is 0 Å². The molecule has 27 heavy (non-hydrogen) atoms. The number of likely N-dealkylation sites (N-methyl/N-ethyl adjacent to an activating group) is 1. The lowest BCUT2D eigenvalue weighted by Crippen LogP contribution is -2.40. The van der Waals surface area contributed by atoms with Gasteiger partial charge < -0.3 is 15.5 Å². The van der Waals surface area contributed by atoms with Gasteiger partial charge in [-0.05, 0) is 37.1 Å². The number of aromatic nitrogens is 2. The monoisotopic (exact) mass is 484 g/mol. The molecule has 0 aliphatic heterocycles. The van der Waals surface area contributed by atoms with Crippen molar-refractivity contribution < 1.29 is 4.79 Å². The van der Waals surface area contributed by atoms with Crippen molar-refractivity contribution in [2.45, 2.75) is 26.3 Å². The third kappa shape index (κ3) is 7.20. The molecule has 0 bridgehead atoms. The van der Waals surface area contributed by atoms with Crippen LogP contribution in [-0.4, -0.2) is 53.7 Å². The summed E-state index contributed by atoms with van der Waals surface area (Å²) in [5, 5.41) is 10.9. The molecule has 2 aromatic rings. The molecule has 0 saturated carbocycles. The van der Waals surface area contributed by atoms with E-state index in [-0.39, 0.29) is 42.5 Å². The van der Waals surface area contributed by atoms with Crippen LogP contribution in [0.5, 0.6) is 0 Å². The number of rotatable bonds is 7. The zero-order chi connectivity index (χ0) is 18.9. The number of nitrogens with zero attached hydrogens (tertiary/aromatic N) is 4. The number of hydrogen-bond acceptors (Lipinski definition) is 3. The maximum absolute atomic E-state index is 11.8. The molecule has 0 aliphatic carbocycles. The molecule has 0 aliphatic rings. The number of halogens is 1. The first kappa shape index (κ1) is 22.9. The van der Waals surface area contributed by atoms with Crippen molar-refractivity contribution >= 4 is 35.8 Å². The van der Waals surface area contributed by atoms with Gasteiger partial charge in [-0.25, -0.2) is 9.67 Å². The summed E-state index contributed by atoms with van der Waals surface area (Å²) < 4.78 is 1.83. The number of carbonyl (C=O) groups is 1. The molecule has 0 spiro atoms. The smallest absolute Gasteiger partial charge is 0.243 e. The van der Waals surface area contributed by atoms with Crippen LogP contribution in [0.15, 0.2) is 47.7 Å². The van der Waals surface area contributed by atoms with Crippen LogP contribution in [0.3, 0.4) is 0 Å². The first-order chi connectivity index (χ1) is 12.5. The maximum atomic E-state index is 11.8. The number of aliphatic imine (C=N–C) groups is 1. The first-order valence-electron chi connectivity index (χ1n) is 8.86. The maximum Gasteiger partial charge on any atom is 0.243 e. The average Bonchev–Trinajstić information content (AvgIpc) is 3.18. The minimum absolute atomic E-state index is 0. The van der Waals surface area contributed by atoms with Crippen molar-refractivity contribution in [1.82, 2.24) is 25.3 Å². The van der Waals surface area contributed by atoms with Gasteiger partial charge in [0.1, 0.15) is 6.54 Å². The Morgan fingerprint density at radius 2 is 2.11 bits per heavy atom. The molecule has 1 aromatic carbocycles. The molecular formula is C19H29IN6O. The van der Waals surface area contributed by atoms with Gasteiger partial charge >= 0.3 is 0 Å². The van der Waals surface area contributed by atoms with Crippen LogP contribution < -0.4 is 10.6 Å². The van der Waals surface area contributed by atoms with E-state index in [9.17, 15) is 4.79 Å². The minimum Gasteiger partial charge on any atom is -0.356 e. The van der Waals surface area contributed by atoms with Gasteiger partial charge in [0.05, 0.1) is 11.7 Å². The lowest BCUT2D eigenvalue weighted by molar-refractivity contribution is -0.127. The molecule has 2 N–H and O–H groups in total. The number of benzene rings is 1. The van der Waals surface area contributed by atoms with Crippen LogP contribution in [0.4, 0.5) is 0 Å². The van der Waals surface area contributed by atoms with Crippen LogP contribution in [0.1, 0.15) is 31.9 Å². The zero-order valence-corrected chi connectivity index (χ0v) is 18.7. The topological polar surface area (TPSA) is 74.6 Å². The first-order valence-corrected chi connectivity index (χ1v) is 8.86. The van der Waals surface area contributed by atoms with Crippen LogP contribution in [0.25, 0.3) is 5.69 Å². The predicted molar refractivity (Wildman–Crippen MR) is 120 cm³/mol. The van der Waals surface area contributed by atoms with E-state index in [4.69, 9.17) is 0 Å². The van der Waals surface area contributed by atoms with E-state index in [1.807, 2.05) is 29.1 Å². The van der Waals surface area contributed by atoms with Crippen molar-refractivity contribution in [3.05, 3.63) is 48.3 Å². The second-order valence-corrected chi connectivity index (χ2v) is 6.29. The summed E-state index contributed by atoms with van der Waals surface area (Å²) in [5.74, 6) is 0.606. The Hall–Kier alpha value is -2.10. The van der Waals surface area contributed by atoms with Crippen molar-refractivity contribution in [2.24, 2.45) is 4.99 Å². The number of carbonyl (C=O) groups excluding carboxylic acids is 1. The number of hydrogen-bond donors (Lipinski definition) is 2. The molecule has 1 amide bonds. The van der Waals surface area contributed by atoms with E-state index in [1.54, 1.807) is 20.3 Å². The van der Waals surface area contributed by atoms with Gasteiger partial charge in [0, 0.05) is 33.0 Å². The van der Waals surface area contributed by atoms with E-state index in [0.29, 0.717) is 5.96 Å². The highest BCUT2D eigenvalue weighted by Gasteiger charge is 2.10. The Bertz CT molecular complexity index is 730. The highest BCUT2D eigenvalue weighted by Crippen LogP contribution is 2.16. The number of amides is 1. The van der Waals surface area contributed by atoms with Gasteiger partial charge in [-0.15, -0.1) is 24.0 Å². The fourth-order valence-corrected chi connectivity index (χ4v) is 2.33. The van der Waals surface area contributed by atoms with Gasteiger partial charge in [-0.1, -0.05) is 19.1 Å². The Balaban J connectivity index is 0.00000364. The Morgan fingerprint density at radius 1 is 1.33 bits per heavy atom. The summed E-state index contributed by atoms with van der Waals surface area (Å²) in [6, 6.07) is 10.1. The summed E-state index contributed by atoms with van der Waals surface area (Å²) in [6.45, 7) is 5.07. The van der Waals surface area contributed by atoms with Gasteiger partial charge in [0.25, 0.3) is 0 Å². The Morgan fingerprint density at radius 3 is 2.74 bits per heavy atom. The summed E-state index contributed by atoms with van der Waals surface area (Å²) in [6.07, 6.45) is 4.65. The third-order valence-electron chi connectivity index (χ3n) is 3.91. The SMILES string of the molecule is CCCNC(=NCC(=O)N(C)C)NC(C)c1cccc(-n2cccn2)c1.I. The third-order valence-corrected chi connectivity index (χ3v) is 3.91. The molecule has 1 heterocycles. The lowest BCUT2D eigenvalue weighted by Gasteiger charge is -2.19. The average molecular weight is 484 g/mol. The van der Waals surface area contributed by atoms with E-state index in [1.165, 1.54) is 4.90 Å². The fourth-order valence-electron chi connectivity index (χ4n) is 2.33. The quantitative estimate of drug-likeness (QED) is 0.360. The molecule has 2 rings (SSSR count). The zero-order valence-electron chi connectivity index (χ0n) is 16.3. The molecule has 0 saturated heterocycles. The summed E-state index contributed by atoms with van der Waals surface area (Å²) in [7, 11) is 3.46. The predicted octanol–water partition coefficient (Wildman–Crippen LogP) is 2.58. The highest BCUT2D eigenvalue weighted by atomic mass is 127. The highest BCUT2D eigenvalue weighted by molar-refractivity contribution is 14.0. The largest absolute Gasteiger partial charge is 0.356 e.